The summed E-state index contributed by atoms with van der Waals surface area (Å²) in [6.07, 6.45) is -2.60. The van der Waals surface area contributed by atoms with Gasteiger partial charge in [-0.15, -0.1) is 0 Å². The van der Waals surface area contributed by atoms with Gasteiger partial charge in [-0.25, -0.2) is 13.6 Å². The number of hydrogen-bond acceptors (Lipinski definition) is 5. The second-order valence-corrected chi connectivity index (χ2v) is 8.00. The summed E-state index contributed by atoms with van der Waals surface area (Å²) in [4.78, 5) is 25.8. The largest absolute Gasteiger partial charge is 0.444 e. The number of halogens is 3. The fraction of sp³-hybridized carbons (Fsp3) is 0.529. The number of benzene rings is 1. The van der Waals surface area contributed by atoms with E-state index >= 15 is 0 Å². The number of anilines is 1. The van der Waals surface area contributed by atoms with Crippen molar-refractivity contribution in [2.75, 3.05) is 11.9 Å². The van der Waals surface area contributed by atoms with Crippen molar-refractivity contribution in [1.82, 2.24) is 4.90 Å². The topological polar surface area (TPSA) is 99.1 Å². The highest BCUT2D eigenvalue weighted by Gasteiger charge is 2.54. The first-order valence-electron chi connectivity index (χ1n) is 8.08. The Morgan fingerprint density at radius 3 is 2.48 bits per heavy atom. The van der Waals surface area contributed by atoms with Crippen molar-refractivity contribution in [3.05, 3.63) is 28.8 Å². The van der Waals surface area contributed by atoms with E-state index in [1.54, 1.807) is 20.8 Å². The first kappa shape index (κ1) is 21.3. The quantitative estimate of drug-likeness (QED) is 0.654. The van der Waals surface area contributed by atoms with Crippen LogP contribution in [0.25, 0.3) is 0 Å². The van der Waals surface area contributed by atoms with E-state index in [0.717, 1.165) is 11.0 Å². The molecule has 0 radical (unpaired) electrons. The summed E-state index contributed by atoms with van der Waals surface area (Å²) in [5.74, 6) is -3.09. The van der Waals surface area contributed by atoms with Gasteiger partial charge in [-0.1, -0.05) is 11.6 Å². The summed E-state index contributed by atoms with van der Waals surface area (Å²) >= 11 is 5.59. The van der Waals surface area contributed by atoms with Crippen LogP contribution >= 0.6 is 11.6 Å². The van der Waals surface area contributed by atoms with Crippen molar-refractivity contribution in [3.8, 4) is 0 Å². The number of likely N-dealkylation sites (tertiary alicyclic amines) is 1. The lowest BCUT2D eigenvalue weighted by Crippen LogP contribution is -2.50. The van der Waals surface area contributed by atoms with Gasteiger partial charge in [0.2, 0.25) is 5.91 Å². The van der Waals surface area contributed by atoms with Crippen molar-refractivity contribution in [2.45, 2.75) is 51.0 Å². The van der Waals surface area contributed by atoms with Crippen LogP contribution in [0.1, 0.15) is 27.7 Å². The van der Waals surface area contributed by atoms with Gasteiger partial charge in [-0.3, -0.25) is 9.69 Å². The van der Waals surface area contributed by atoms with Crippen molar-refractivity contribution in [1.29, 1.82) is 0 Å². The van der Waals surface area contributed by atoms with E-state index in [-0.39, 0.29) is 6.54 Å². The molecule has 1 aromatic rings. The van der Waals surface area contributed by atoms with Gasteiger partial charge in [0.1, 0.15) is 35.0 Å². The summed E-state index contributed by atoms with van der Waals surface area (Å²) in [6, 6.07) is -0.204. The number of rotatable bonds is 2. The molecule has 7 nitrogen and oxygen atoms in total. The van der Waals surface area contributed by atoms with Crippen LogP contribution in [0.15, 0.2) is 12.1 Å². The number of aliphatic hydroxyl groups excluding tert-OH is 1. The summed E-state index contributed by atoms with van der Waals surface area (Å²) in [6.45, 7) is 5.70. The molecule has 1 aliphatic heterocycles. The van der Waals surface area contributed by atoms with E-state index < -0.39 is 57.7 Å². The third kappa shape index (κ3) is 4.66. The van der Waals surface area contributed by atoms with Crippen LogP contribution in [0.5, 0.6) is 0 Å². The molecule has 0 unspecified atom stereocenters. The van der Waals surface area contributed by atoms with E-state index in [4.69, 9.17) is 16.3 Å². The Morgan fingerprint density at radius 2 is 1.93 bits per heavy atom. The number of nitrogens with zero attached hydrogens (tertiary/aromatic N) is 1. The molecule has 1 fully saturated rings. The minimum absolute atomic E-state index is 0.381. The Bertz CT molecular complexity index is 766. The summed E-state index contributed by atoms with van der Waals surface area (Å²) in [5, 5.41) is 22.3. The maximum atomic E-state index is 13.9. The smallest absolute Gasteiger partial charge is 0.411 e. The number of hydrogen-bond donors (Lipinski definition) is 3. The van der Waals surface area contributed by atoms with Gasteiger partial charge in [0.05, 0.1) is 17.3 Å². The molecule has 0 spiro atoms. The Hall–Kier alpha value is -1.97. The van der Waals surface area contributed by atoms with Crippen LogP contribution in [0.3, 0.4) is 0 Å². The molecule has 10 heteroatoms. The maximum Gasteiger partial charge on any atom is 0.411 e. The van der Waals surface area contributed by atoms with Crippen molar-refractivity contribution >= 4 is 29.3 Å². The highest BCUT2D eigenvalue weighted by atomic mass is 35.5. The molecule has 150 valence electrons. The molecule has 2 rings (SSSR count). The number of β-amino-alcohol motifs (C(OH)–C–C–N with tert-alkyl or cyclic N) is 1. The second-order valence-electron chi connectivity index (χ2n) is 7.59. The maximum absolute atomic E-state index is 13.9. The van der Waals surface area contributed by atoms with Crippen LogP contribution in [0.2, 0.25) is 5.02 Å². The number of aliphatic hydroxyl groups is 2. The minimum atomic E-state index is -1.79. The molecule has 1 aliphatic rings. The van der Waals surface area contributed by atoms with Crippen LogP contribution in [0, 0.1) is 11.6 Å². The van der Waals surface area contributed by atoms with Gasteiger partial charge in [-0.05, 0) is 33.8 Å². The van der Waals surface area contributed by atoms with Crippen molar-refractivity contribution < 1.29 is 33.3 Å². The van der Waals surface area contributed by atoms with Gasteiger partial charge in [0.15, 0.2) is 0 Å². The monoisotopic (exact) mass is 406 g/mol. The van der Waals surface area contributed by atoms with Crippen molar-refractivity contribution in [3.63, 3.8) is 0 Å². The number of carbonyl (C=O) groups excluding carboxylic acids is 2. The predicted molar refractivity (Wildman–Crippen MR) is 93.4 cm³/mol. The van der Waals surface area contributed by atoms with Crippen LogP contribution in [-0.4, -0.2) is 57.0 Å². The molecular formula is C17H21ClF2N2O5. The zero-order valence-corrected chi connectivity index (χ0v) is 16.0. The highest BCUT2D eigenvalue weighted by Crippen LogP contribution is 2.31. The van der Waals surface area contributed by atoms with Crippen molar-refractivity contribution in [2.24, 2.45) is 0 Å². The summed E-state index contributed by atoms with van der Waals surface area (Å²) in [5.41, 5.74) is -3.11. The second kappa shape index (κ2) is 7.21. The normalized spacial score (nSPS) is 25.4. The predicted octanol–water partition coefficient (Wildman–Crippen LogP) is 2.29. The number of ether oxygens (including phenoxy) is 1. The highest BCUT2D eigenvalue weighted by molar-refractivity contribution is 6.31. The number of amides is 2. The first-order valence-corrected chi connectivity index (χ1v) is 8.46. The molecule has 0 aliphatic carbocycles. The molecule has 3 N–H and O–H groups in total. The summed E-state index contributed by atoms with van der Waals surface area (Å²) < 4.78 is 32.3. The first-order chi connectivity index (χ1) is 12.2. The molecular weight excluding hydrogens is 386 g/mol. The Morgan fingerprint density at radius 1 is 1.33 bits per heavy atom. The molecule has 1 aromatic carbocycles. The zero-order chi connectivity index (χ0) is 20.7. The van der Waals surface area contributed by atoms with E-state index in [0.29, 0.717) is 6.07 Å². The van der Waals surface area contributed by atoms with Gasteiger partial charge in [0.25, 0.3) is 0 Å². The fourth-order valence-corrected chi connectivity index (χ4v) is 2.82. The van der Waals surface area contributed by atoms with Crippen LogP contribution < -0.4 is 5.32 Å². The third-order valence-electron chi connectivity index (χ3n) is 3.93. The average molecular weight is 407 g/mol. The zero-order valence-electron chi connectivity index (χ0n) is 15.2. The lowest BCUT2D eigenvalue weighted by Gasteiger charge is -2.28. The fourth-order valence-electron chi connectivity index (χ4n) is 2.66. The molecule has 2 amide bonds. The molecule has 1 heterocycles. The SMILES string of the molecule is CC(C)(C)OC(=O)N1C[C@](C)(O)[C@@H](O)[C@H]1C(=O)Nc1cc(Cl)c(F)cc1F. The van der Waals surface area contributed by atoms with E-state index in [2.05, 4.69) is 5.32 Å². The Labute approximate surface area is 159 Å². The van der Waals surface area contributed by atoms with Gasteiger partial charge >= 0.3 is 6.09 Å². The lowest BCUT2D eigenvalue weighted by molar-refractivity contribution is -0.124. The molecule has 0 saturated carbocycles. The average Bonchev–Trinajstić information content (AvgIpc) is 2.74. The van der Waals surface area contributed by atoms with E-state index in [1.165, 1.54) is 6.92 Å². The van der Waals surface area contributed by atoms with Gasteiger partial charge < -0.3 is 20.3 Å². The lowest BCUT2D eigenvalue weighted by atomic mass is 9.98. The standard InChI is InChI=1S/C17H21ClF2N2O5/c1-16(2,3)27-15(25)22-7-17(4,26)13(23)12(22)14(24)21-11-5-8(18)9(19)6-10(11)20/h5-6,12-13,23,26H,7H2,1-4H3,(H,21,24)/t12-,13-,17-/m0/s1. The van der Waals surface area contributed by atoms with E-state index in [1.807, 2.05) is 0 Å². The number of nitrogens with one attached hydrogen (secondary N) is 1. The van der Waals surface area contributed by atoms with Gasteiger partial charge in [0, 0.05) is 6.07 Å². The number of carbonyl (C=O) groups is 2. The van der Waals surface area contributed by atoms with Crippen LogP contribution in [-0.2, 0) is 9.53 Å². The summed E-state index contributed by atoms with van der Waals surface area (Å²) in [7, 11) is 0. The molecule has 0 bridgehead atoms. The Kier molecular flexibility index (Phi) is 5.70. The molecule has 3 atom stereocenters. The van der Waals surface area contributed by atoms with Gasteiger partial charge in [-0.2, -0.15) is 0 Å². The van der Waals surface area contributed by atoms with E-state index in [9.17, 15) is 28.6 Å². The third-order valence-corrected chi connectivity index (χ3v) is 4.22. The Balaban J connectivity index is 2.30. The molecule has 1 saturated heterocycles. The minimum Gasteiger partial charge on any atom is -0.444 e. The molecule has 27 heavy (non-hydrogen) atoms. The van der Waals surface area contributed by atoms with Crippen LogP contribution in [0.4, 0.5) is 19.3 Å². The molecule has 0 aromatic heterocycles.